The van der Waals surface area contributed by atoms with Gasteiger partial charge in [0.25, 0.3) is 5.56 Å². The van der Waals surface area contributed by atoms with Crippen molar-refractivity contribution in [1.82, 2.24) is 15.1 Å². The molecule has 1 N–H and O–H groups in total. The number of hydrogen-bond acceptors (Lipinski definition) is 4. The lowest BCUT2D eigenvalue weighted by molar-refractivity contribution is -0.125. The SMILES string of the molecule is CC(C)CNC(=O)[C@H]1CCCN(c2cnn(C)c(=O)c2)C1. The molecule has 0 radical (unpaired) electrons. The standard InChI is InChI=1S/C15H24N4O2/c1-11(2)8-16-15(21)12-5-4-6-19(10-12)13-7-14(20)18(3)17-9-13/h7,9,11-12H,4-6,8,10H2,1-3H3,(H,16,21)/t12-/m0/s1. The highest BCUT2D eigenvalue weighted by Crippen LogP contribution is 2.21. The maximum Gasteiger partial charge on any atom is 0.268 e. The van der Waals surface area contributed by atoms with Gasteiger partial charge in [-0.15, -0.1) is 0 Å². The Morgan fingerprint density at radius 3 is 2.95 bits per heavy atom. The van der Waals surface area contributed by atoms with Crippen molar-refractivity contribution in [3.63, 3.8) is 0 Å². The van der Waals surface area contributed by atoms with E-state index in [0.29, 0.717) is 19.0 Å². The van der Waals surface area contributed by atoms with Gasteiger partial charge in [-0.2, -0.15) is 5.10 Å². The predicted molar refractivity (Wildman–Crippen MR) is 82.3 cm³/mol. The molecule has 2 rings (SSSR count). The molecule has 0 aromatic carbocycles. The molecular formula is C15H24N4O2. The number of nitrogens with one attached hydrogen (secondary N) is 1. The van der Waals surface area contributed by atoms with Gasteiger partial charge in [0.05, 0.1) is 17.8 Å². The lowest BCUT2D eigenvalue weighted by atomic mass is 9.96. The summed E-state index contributed by atoms with van der Waals surface area (Å²) in [5.41, 5.74) is 0.679. The van der Waals surface area contributed by atoms with Crippen LogP contribution >= 0.6 is 0 Å². The molecule has 1 atom stereocenters. The third-order valence-corrected chi connectivity index (χ3v) is 3.80. The summed E-state index contributed by atoms with van der Waals surface area (Å²) in [6.07, 6.45) is 3.55. The van der Waals surface area contributed by atoms with E-state index < -0.39 is 0 Å². The zero-order valence-corrected chi connectivity index (χ0v) is 13.0. The average Bonchev–Trinajstić information content (AvgIpc) is 2.47. The maximum atomic E-state index is 12.2. The monoisotopic (exact) mass is 292 g/mol. The zero-order valence-electron chi connectivity index (χ0n) is 13.0. The first-order valence-electron chi connectivity index (χ1n) is 7.53. The normalized spacial score (nSPS) is 18.9. The first-order chi connectivity index (χ1) is 9.97. The molecule has 21 heavy (non-hydrogen) atoms. The van der Waals surface area contributed by atoms with Crippen LogP contribution in [0.4, 0.5) is 5.69 Å². The molecule has 1 aliphatic rings. The minimum atomic E-state index is -0.126. The van der Waals surface area contributed by atoms with Gasteiger partial charge in [-0.25, -0.2) is 4.68 Å². The van der Waals surface area contributed by atoms with Gasteiger partial charge >= 0.3 is 0 Å². The molecule has 1 aliphatic heterocycles. The summed E-state index contributed by atoms with van der Waals surface area (Å²) in [5.74, 6) is 0.557. The quantitative estimate of drug-likeness (QED) is 0.890. The van der Waals surface area contributed by atoms with Crippen molar-refractivity contribution in [3.05, 3.63) is 22.6 Å². The highest BCUT2D eigenvalue weighted by atomic mass is 16.2. The summed E-state index contributed by atoms with van der Waals surface area (Å²) in [6.45, 7) is 6.39. The smallest absolute Gasteiger partial charge is 0.268 e. The molecule has 0 bridgehead atoms. The number of aromatic nitrogens is 2. The second-order valence-electron chi connectivity index (χ2n) is 6.10. The van der Waals surface area contributed by atoms with E-state index in [9.17, 15) is 9.59 Å². The van der Waals surface area contributed by atoms with Crippen molar-refractivity contribution in [2.75, 3.05) is 24.5 Å². The van der Waals surface area contributed by atoms with Crippen LogP contribution in [0.25, 0.3) is 0 Å². The van der Waals surface area contributed by atoms with E-state index in [1.165, 1.54) is 4.68 Å². The van der Waals surface area contributed by atoms with Gasteiger partial charge in [-0.3, -0.25) is 9.59 Å². The van der Waals surface area contributed by atoms with E-state index in [-0.39, 0.29) is 17.4 Å². The molecule has 1 fully saturated rings. The van der Waals surface area contributed by atoms with Crippen molar-refractivity contribution in [3.8, 4) is 0 Å². The van der Waals surface area contributed by atoms with Crippen molar-refractivity contribution >= 4 is 11.6 Å². The van der Waals surface area contributed by atoms with E-state index in [0.717, 1.165) is 25.1 Å². The Kier molecular flexibility index (Phi) is 4.98. The molecule has 116 valence electrons. The Labute approximate surface area is 125 Å². The van der Waals surface area contributed by atoms with Gasteiger partial charge in [0, 0.05) is 32.7 Å². The van der Waals surface area contributed by atoms with Gasteiger partial charge in [0.1, 0.15) is 0 Å². The lowest BCUT2D eigenvalue weighted by Gasteiger charge is -2.33. The van der Waals surface area contributed by atoms with Crippen LogP contribution in [0, 0.1) is 11.8 Å². The largest absolute Gasteiger partial charge is 0.369 e. The van der Waals surface area contributed by atoms with Crippen LogP contribution in [0.1, 0.15) is 26.7 Å². The van der Waals surface area contributed by atoms with E-state index >= 15 is 0 Å². The van der Waals surface area contributed by atoms with Crippen molar-refractivity contribution in [2.24, 2.45) is 18.9 Å². The number of carbonyl (C=O) groups excluding carboxylic acids is 1. The molecule has 0 unspecified atom stereocenters. The highest BCUT2D eigenvalue weighted by molar-refractivity contribution is 5.79. The summed E-state index contributed by atoms with van der Waals surface area (Å²) in [4.78, 5) is 25.9. The summed E-state index contributed by atoms with van der Waals surface area (Å²) in [6, 6.07) is 1.58. The van der Waals surface area contributed by atoms with E-state index in [2.05, 4.69) is 29.2 Å². The lowest BCUT2D eigenvalue weighted by Crippen LogP contribution is -2.44. The van der Waals surface area contributed by atoms with Crippen LogP contribution in [0.5, 0.6) is 0 Å². The maximum absolute atomic E-state index is 12.2. The highest BCUT2D eigenvalue weighted by Gasteiger charge is 2.26. The molecule has 0 aliphatic carbocycles. The van der Waals surface area contributed by atoms with E-state index in [4.69, 9.17) is 0 Å². The third kappa shape index (κ3) is 4.06. The second-order valence-corrected chi connectivity index (χ2v) is 6.10. The van der Waals surface area contributed by atoms with Crippen LogP contribution in [0.15, 0.2) is 17.1 Å². The Hall–Kier alpha value is -1.85. The second kappa shape index (κ2) is 6.74. The molecule has 1 aromatic heterocycles. The minimum Gasteiger partial charge on any atom is -0.369 e. The molecular weight excluding hydrogens is 268 g/mol. The number of aryl methyl sites for hydroxylation is 1. The van der Waals surface area contributed by atoms with E-state index in [1.54, 1.807) is 19.3 Å². The fraction of sp³-hybridized carbons (Fsp3) is 0.667. The van der Waals surface area contributed by atoms with Crippen LogP contribution in [-0.2, 0) is 11.8 Å². The Morgan fingerprint density at radius 1 is 1.52 bits per heavy atom. The van der Waals surface area contributed by atoms with Gasteiger partial charge in [-0.1, -0.05) is 13.8 Å². The summed E-state index contributed by atoms with van der Waals surface area (Å²) in [5, 5.41) is 7.04. The first kappa shape index (κ1) is 15.5. The first-order valence-corrected chi connectivity index (χ1v) is 7.53. The topological polar surface area (TPSA) is 67.2 Å². The molecule has 6 heteroatoms. The average molecular weight is 292 g/mol. The van der Waals surface area contributed by atoms with Crippen LogP contribution in [0.2, 0.25) is 0 Å². The summed E-state index contributed by atoms with van der Waals surface area (Å²) < 4.78 is 1.31. The molecule has 2 heterocycles. The molecule has 1 saturated heterocycles. The van der Waals surface area contributed by atoms with Crippen LogP contribution in [0.3, 0.4) is 0 Å². The molecule has 6 nitrogen and oxygen atoms in total. The van der Waals surface area contributed by atoms with Crippen molar-refractivity contribution in [2.45, 2.75) is 26.7 Å². The zero-order chi connectivity index (χ0) is 15.4. The predicted octanol–water partition coefficient (Wildman–Crippen LogP) is 0.769. The molecule has 1 aromatic rings. The summed E-state index contributed by atoms with van der Waals surface area (Å²) in [7, 11) is 1.63. The van der Waals surface area contributed by atoms with Crippen LogP contribution in [-0.4, -0.2) is 35.3 Å². The van der Waals surface area contributed by atoms with E-state index in [1.807, 2.05) is 0 Å². The minimum absolute atomic E-state index is 0.0124. The number of piperidine rings is 1. The van der Waals surface area contributed by atoms with Crippen LogP contribution < -0.4 is 15.8 Å². The van der Waals surface area contributed by atoms with Gasteiger partial charge < -0.3 is 10.2 Å². The summed E-state index contributed by atoms with van der Waals surface area (Å²) >= 11 is 0. The fourth-order valence-electron chi connectivity index (χ4n) is 2.51. The van der Waals surface area contributed by atoms with Crippen molar-refractivity contribution in [1.29, 1.82) is 0 Å². The van der Waals surface area contributed by atoms with Gasteiger partial charge in [-0.05, 0) is 18.8 Å². The number of nitrogens with zero attached hydrogens (tertiary/aromatic N) is 3. The fourth-order valence-corrected chi connectivity index (χ4v) is 2.51. The molecule has 1 amide bonds. The number of hydrogen-bond donors (Lipinski definition) is 1. The molecule has 0 spiro atoms. The number of anilines is 1. The van der Waals surface area contributed by atoms with Gasteiger partial charge in [0.2, 0.25) is 5.91 Å². The number of rotatable bonds is 4. The third-order valence-electron chi connectivity index (χ3n) is 3.80. The Morgan fingerprint density at radius 2 is 2.29 bits per heavy atom. The number of amides is 1. The number of carbonyl (C=O) groups is 1. The Bertz CT molecular complexity index is 553. The van der Waals surface area contributed by atoms with Crippen molar-refractivity contribution < 1.29 is 4.79 Å². The van der Waals surface area contributed by atoms with Gasteiger partial charge in [0.15, 0.2) is 0 Å². The Balaban J connectivity index is 2.01. The molecule has 0 saturated carbocycles.